The summed E-state index contributed by atoms with van der Waals surface area (Å²) >= 11 is 3.41. The van der Waals surface area contributed by atoms with E-state index in [1.54, 1.807) is 25.1 Å². The summed E-state index contributed by atoms with van der Waals surface area (Å²) in [6, 6.07) is 13.2. The second kappa shape index (κ2) is 9.32. The van der Waals surface area contributed by atoms with Crippen molar-refractivity contribution in [3.63, 3.8) is 0 Å². The van der Waals surface area contributed by atoms with Gasteiger partial charge in [-0.3, -0.25) is 4.79 Å². The van der Waals surface area contributed by atoms with Crippen LogP contribution in [0.15, 0.2) is 46.9 Å². The lowest BCUT2D eigenvalue weighted by Gasteiger charge is -2.19. The van der Waals surface area contributed by atoms with Crippen molar-refractivity contribution >= 4 is 21.8 Å². The van der Waals surface area contributed by atoms with Crippen LogP contribution in [0.1, 0.15) is 12.5 Å². The molecule has 0 saturated carbocycles. The highest BCUT2D eigenvalue weighted by Crippen LogP contribution is 2.34. The van der Waals surface area contributed by atoms with Crippen LogP contribution in [-0.4, -0.2) is 38.2 Å². The van der Waals surface area contributed by atoms with Crippen LogP contribution in [0, 0.1) is 0 Å². The maximum Gasteiger partial charge on any atom is 0.260 e. The molecule has 0 N–H and O–H groups in total. The maximum atomic E-state index is 12.3. The first-order chi connectivity index (χ1) is 12.0. The number of amides is 1. The third-order valence-electron chi connectivity index (χ3n) is 3.57. The number of hydrogen-bond donors (Lipinski definition) is 0. The molecule has 0 bridgehead atoms. The number of benzene rings is 2. The van der Waals surface area contributed by atoms with E-state index < -0.39 is 0 Å². The number of likely N-dealkylation sites (N-methyl/N-ethyl adjacent to an activating group) is 1. The van der Waals surface area contributed by atoms with E-state index in [1.165, 1.54) is 0 Å². The van der Waals surface area contributed by atoms with Crippen molar-refractivity contribution in [2.45, 2.75) is 13.5 Å². The molecular formula is C19H22BrNO4. The predicted octanol–water partition coefficient (Wildman–Crippen LogP) is 3.89. The number of ether oxygens (including phenoxy) is 3. The summed E-state index contributed by atoms with van der Waals surface area (Å²) in [5.41, 5.74) is 1.03. The lowest BCUT2D eigenvalue weighted by Crippen LogP contribution is -2.31. The number of nitrogens with zero attached hydrogens (tertiary/aromatic N) is 1. The predicted molar refractivity (Wildman–Crippen MR) is 100 cm³/mol. The van der Waals surface area contributed by atoms with Crippen LogP contribution in [0.2, 0.25) is 0 Å². The van der Waals surface area contributed by atoms with Gasteiger partial charge < -0.3 is 19.1 Å². The number of carbonyl (C=O) groups excluding carboxylic acids is 1. The van der Waals surface area contributed by atoms with Gasteiger partial charge in [0.1, 0.15) is 5.75 Å². The fourth-order valence-corrected chi connectivity index (χ4v) is 2.72. The third-order valence-corrected chi connectivity index (χ3v) is 4.20. The van der Waals surface area contributed by atoms with E-state index in [-0.39, 0.29) is 12.5 Å². The van der Waals surface area contributed by atoms with Gasteiger partial charge in [-0.05, 0) is 52.7 Å². The average molecular weight is 408 g/mol. The molecule has 0 aliphatic carbocycles. The standard InChI is InChI=1S/C19H22BrNO4/c1-4-24-15-10-8-14(9-11-15)12-21(2)18(22)13-25-19-16(20)6-5-7-17(19)23-3/h5-11H,4,12-13H2,1-3H3. The first-order valence-corrected chi connectivity index (χ1v) is 8.75. The van der Waals surface area contributed by atoms with Crippen LogP contribution in [0.3, 0.4) is 0 Å². The minimum absolute atomic E-state index is 0.0630. The van der Waals surface area contributed by atoms with Crippen molar-refractivity contribution in [2.24, 2.45) is 0 Å². The minimum Gasteiger partial charge on any atom is -0.494 e. The first kappa shape index (κ1) is 19.1. The van der Waals surface area contributed by atoms with E-state index in [2.05, 4.69) is 15.9 Å². The number of rotatable bonds is 8. The van der Waals surface area contributed by atoms with Crippen LogP contribution < -0.4 is 14.2 Å². The Hall–Kier alpha value is -2.21. The summed E-state index contributed by atoms with van der Waals surface area (Å²) < 4.78 is 17.1. The van der Waals surface area contributed by atoms with Crippen molar-refractivity contribution in [1.29, 1.82) is 0 Å². The zero-order valence-electron chi connectivity index (χ0n) is 14.6. The molecule has 0 aliphatic rings. The number of methoxy groups -OCH3 is 1. The number of halogens is 1. The molecule has 0 aliphatic heterocycles. The van der Waals surface area contributed by atoms with Gasteiger partial charge in [-0.2, -0.15) is 0 Å². The smallest absolute Gasteiger partial charge is 0.260 e. The molecule has 0 atom stereocenters. The van der Waals surface area contributed by atoms with E-state index >= 15 is 0 Å². The normalized spacial score (nSPS) is 10.2. The second-order valence-corrected chi connectivity index (χ2v) is 6.24. The summed E-state index contributed by atoms with van der Waals surface area (Å²) in [6.07, 6.45) is 0. The van der Waals surface area contributed by atoms with Gasteiger partial charge in [-0.25, -0.2) is 0 Å². The highest BCUT2D eigenvalue weighted by molar-refractivity contribution is 9.10. The largest absolute Gasteiger partial charge is 0.494 e. The van der Waals surface area contributed by atoms with E-state index in [9.17, 15) is 4.79 Å². The van der Waals surface area contributed by atoms with Gasteiger partial charge in [0.05, 0.1) is 18.2 Å². The van der Waals surface area contributed by atoms with Crippen molar-refractivity contribution in [1.82, 2.24) is 4.90 Å². The molecule has 5 nitrogen and oxygen atoms in total. The quantitative estimate of drug-likeness (QED) is 0.665. The Morgan fingerprint density at radius 1 is 1.12 bits per heavy atom. The van der Waals surface area contributed by atoms with Crippen molar-refractivity contribution < 1.29 is 19.0 Å². The van der Waals surface area contributed by atoms with E-state index in [4.69, 9.17) is 14.2 Å². The van der Waals surface area contributed by atoms with Crippen molar-refractivity contribution in [2.75, 3.05) is 27.4 Å². The zero-order chi connectivity index (χ0) is 18.2. The number of para-hydroxylation sites is 1. The summed E-state index contributed by atoms with van der Waals surface area (Å²) in [4.78, 5) is 13.9. The average Bonchev–Trinajstić information content (AvgIpc) is 2.62. The monoisotopic (exact) mass is 407 g/mol. The summed E-state index contributed by atoms with van der Waals surface area (Å²) in [6.45, 7) is 3.02. The lowest BCUT2D eigenvalue weighted by atomic mass is 10.2. The maximum absolute atomic E-state index is 12.3. The van der Waals surface area contributed by atoms with Gasteiger partial charge >= 0.3 is 0 Å². The van der Waals surface area contributed by atoms with Crippen LogP contribution in [0.25, 0.3) is 0 Å². The van der Waals surface area contributed by atoms with E-state index in [0.29, 0.717) is 24.7 Å². The molecule has 0 saturated heterocycles. The fourth-order valence-electron chi connectivity index (χ4n) is 2.25. The molecule has 134 valence electrons. The van der Waals surface area contributed by atoms with Crippen molar-refractivity contribution in [3.8, 4) is 17.2 Å². The van der Waals surface area contributed by atoms with Gasteiger partial charge in [0.15, 0.2) is 18.1 Å². The first-order valence-electron chi connectivity index (χ1n) is 7.96. The molecule has 6 heteroatoms. The van der Waals surface area contributed by atoms with Gasteiger partial charge in [-0.1, -0.05) is 18.2 Å². The minimum atomic E-state index is -0.119. The topological polar surface area (TPSA) is 48.0 Å². The van der Waals surface area contributed by atoms with Crippen LogP contribution in [-0.2, 0) is 11.3 Å². The Kier molecular flexibility index (Phi) is 7.13. The second-order valence-electron chi connectivity index (χ2n) is 5.39. The van der Waals surface area contributed by atoms with E-state index in [1.807, 2.05) is 43.3 Å². The Labute approximate surface area is 156 Å². The third kappa shape index (κ3) is 5.39. The molecule has 2 aromatic carbocycles. The highest BCUT2D eigenvalue weighted by atomic mass is 79.9. The van der Waals surface area contributed by atoms with Crippen molar-refractivity contribution in [3.05, 3.63) is 52.5 Å². The fraction of sp³-hybridized carbons (Fsp3) is 0.316. The molecular weight excluding hydrogens is 386 g/mol. The summed E-state index contributed by atoms with van der Waals surface area (Å²) in [5.74, 6) is 1.81. The Bertz CT molecular complexity index is 703. The molecule has 0 unspecified atom stereocenters. The van der Waals surface area contributed by atoms with Gasteiger partial charge in [0, 0.05) is 13.6 Å². The molecule has 0 aromatic heterocycles. The Balaban J connectivity index is 1.92. The van der Waals surface area contributed by atoms with Crippen LogP contribution >= 0.6 is 15.9 Å². The number of carbonyl (C=O) groups is 1. The Morgan fingerprint density at radius 3 is 2.48 bits per heavy atom. The molecule has 0 fully saturated rings. The zero-order valence-corrected chi connectivity index (χ0v) is 16.2. The van der Waals surface area contributed by atoms with Crippen LogP contribution in [0.5, 0.6) is 17.2 Å². The lowest BCUT2D eigenvalue weighted by molar-refractivity contribution is -0.132. The van der Waals surface area contributed by atoms with Gasteiger partial charge in [-0.15, -0.1) is 0 Å². The van der Waals surface area contributed by atoms with Crippen LogP contribution in [0.4, 0.5) is 0 Å². The number of hydrogen-bond acceptors (Lipinski definition) is 4. The molecule has 2 aromatic rings. The SMILES string of the molecule is CCOc1ccc(CN(C)C(=O)COc2c(Br)cccc2OC)cc1. The summed E-state index contributed by atoms with van der Waals surface area (Å²) in [5, 5.41) is 0. The molecule has 25 heavy (non-hydrogen) atoms. The van der Waals surface area contributed by atoms with Gasteiger partial charge in [0.2, 0.25) is 0 Å². The van der Waals surface area contributed by atoms with E-state index in [0.717, 1.165) is 15.8 Å². The molecule has 0 heterocycles. The Morgan fingerprint density at radius 2 is 1.84 bits per heavy atom. The highest BCUT2D eigenvalue weighted by Gasteiger charge is 2.14. The summed E-state index contributed by atoms with van der Waals surface area (Å²) in [7, 11) is 3.31. The molecule has 0 radical (unpaired) electrons. The van der Waals surface area contributed by atoms with Gasteiger partial charge in [0.25, 0.3) is 5.91 Å². The molecule has 2 rings (SSSR count). The molecule has 1 amide bonds. The molecule has 0 spiro atoms.